The average Bonchev–Trinajstić information content (AvgIpc) is 3.16. The molecule has 3 rings (SSSR count). The Bertz CT molecular complexity index is 1020. The van der Waals surface area contributed by atoms with Gasteiger partial charge in [0, 0.05) is 16.9 Å². The molecule has 2 aromatic heterocycles. The molecular weight excluding hydrogens is 452 g/mol. The second-order valence-corrected chi connectivity index (χ2v) is 8.81. The number of thiophene rings is 1. The quantitative estimate of drug-likeness (QED) is 0.532. The monoisotopic (exact) mass is 466 g/mol. The molecule has 0 unspecified atom stereocenters. The van der Waals surface area contributed by atoms with Gasteiger partial charge in [0.1, 0.15) is 0 Å². The van der Waals surface area contributed by atoms with Crippen LogP contribution in [0.5, 0.6) is 0 Å². The molecule has 5 nitrogen and oxygen atoms in total. The predicted molar refractivity (Wildman–Crippen MR) is 111 cm³/mol. The fourth-order valence-corrected chi connectivity index (χ4v) is 4.64. The molecule has 0 aliphatic rings. The van der Waals surface area contributed by atoms with Crippen LogP contribution in [0.3, 0.4) is 0 Å². The summed E-state index contributed by atoms with van der Waals surface area (Å²) in [6.45, 7) is 1.89. The maximum atomic E-state index is 11.5. The number of halogens is 2. The Labute approximate surface area is 173 Å². The van der Waals surface area contributed by atoms with Crippen LogP contribution in [0.15, 0.2) is 40.2 Å². The highest BCUT2D eigenvalue weighted by atomic mass is 79.9. The number of rotatable bonds is 6. The molecule has 0 saturated carbocycles. The summed E-state index contributed by atoms with van der Waals surface area (Å²) in [6, 6.07) is 11.0. The number of nitrogens with zero attached hydrogens (tertiary/aromatic N) is 1. The first kappa shape index (κ1) is 19.7. The first-order valence-corrected chi connectivity index (χ1v) is 10.0. The number of carboxylic acid groups (broad SMARTS) is 1. The molecule has 3 aromatic rings. The fourth-order valence-electron chi connectivity index (χ4n) is 2.92. The highest BCUT2D eigenvalue weighted by molar-refractivity contribution is 9.11. The number of aryl methyl sites for hydroxylation is 2. The van der Waals surface area contributed by atoms with Gasteiger partial charge in [0.15, 0.2) is 0 Å². The van der Waals surface area contributed by atoms with Crippen molar-refractivity contribution in [1.82, 2.24) is 4.57 Å². The molecule has 0 aliphatic carbocycles. The van der Waals surface area contributed by atoms with Crippen LogP contribution in [-0.2, 0) is 11.2 Å². The Kier molecular flexibility index (Phi) is 5.74. The van der Waals surface area contributed by atoms with Crippen molar-refractivity contribution in [3.05, 3.63) is 62.0 Å². The fraction of sp³-hybridized carbons (Fsp3) is 0.158. The number of aliphatic carboxylic acids is 1. The second-order valence-electron chi connectivity index (χ2n) is 6.04. The normalized spacial score (nSPS) is 10.9. The maximum absolute atomic E-state index is 11.5. The molecule has 140 valence electrons. The standard InChI is InChI=1S/C19H16BrClN2O3S/c1-10-8-11(19(22)26)2-5-14(10)23-12(4-7-17(24)25)3-6-15(23)16-9-13(21)18(20)27-16/h2-3,5-6,8-9H,4,7H2,1H3,(H2,22,26)(H,24,25). The minimum atomic E-state index is -0.855. The largest absolute Gasteiger partial charge is 0.481 e. The summed E-state index contributed by atoms with van der Waals surface area (Å²) in [5.74, 6) is -1.34. The van der Waals surface area contributed by atoms with Crippen LogP contribution in [-0.4, -0.2) is 21.6 Å². The minimum absolute atomic E-state index is 0.0246. The second kappa shape index (κ2) is 7.88. The lowest BCUT2D eigenvalue weighted by Crippen LogP contribution is -2.12. The molecule has 0 radical (unpaired) electrons. The Morgan fingerprint density at radius 1 is 1.26 bits per heavy atom. The lowest BCUT2D eigenvalue weighted by Gasteiger charge is -2.16. The number of benzene rings is 1. The van der Waals surface area contributed by atoms with Gasteiger partial charge >= 0.3 is 5.97 Å². The summed E-state index contributed by atoms with van der Waals surface area (Å²) in [6.07, 6.45) is 0.406. The summed E-state index contributed by atoms with van der Waals surface area (Å²) >= 11 is 11.1. The van der Waals surface area contributed by atoms with Gasteiger partial charge in [0.05, 0.1) is 25.8 Å². The third-order valence-electron chi connectivity index (χ3n) is 4.18. The number of hydrogen-bond donors (Lipinski definition) is 2. The van der Waals surface area contributed by atoms with E-state index in [1.165, 1.54) is 11.3 Å². The average molecular weight is 468 g/mol. The summed E-state index contributed by atoms with van der Waals surface area (Å²) in [4.78, 5) is 23.5. The van der Waals surface area contributed by atoms with E-state index in [4.69, 9.17) is 22.4 Å². The number of carbonyl (C=O) groups is 2. The van der Waals surface area contributed by atoms with Crippen LogP contribution in [0.2, 0.25) is 5.02 Å². The van der Waals surface area contributed by atoms with Gasteiger partial charge in [-0.05, 0) is 71.2 Å². The topological polar surface area (TPSA) is 85.3 Å². The van der Waals surface area contributed by atoms with E-state index < -0.39 is 11.9 Å². The highest BCUT2D eigenvalue weighted by Gasteiger charge is 2.18. The van der Waals surface area contributed by atoms with Crippen molar-refractivity contribution in [1.29, 1.82) is 0 Å². The molecule has 27 heavy (non-hydrogen) atoms. The summed E-state index contributed by atoms with van der Waals surface area (Å²) in [5.41, 5.74) is 9.30. The van der Waals surface area contributed by atoms with Crippen molar-refractivity contribution in [2.75, 3.05) is 0 Å². The number of primary amides is 1. The molecule has 2 heterocycles. The number of carbonyl (C=O) groups excluding carboxylic acids is 1. The molecule has 1 amide bonds. The van der Waals surface area contributed by atoms with Crippen molar-refractivity contribution < 1.29 is 14.7 Å². The van der Waals surface area contributed by atoms with Gasteiger partial charge in [-0.2, -0.15) is 0 Å². The smallest absolute Gasteiger partial charge is 0.303 e. The molecule has 0 saturated heterocycles. The van der Waals surface area contributed by atoms with Crippen molar-refractivity contribution in [3.8, 4) is 16.3 Å². The van der Waals surface area contributed by atoms with Gasteiger partial charge in [0.25, 0.3) is 0 Å². The number of hydrogen-bond acceptors (Lipinski definition) is 3. The van der Waals surface area contributed by atoms with E-state index in [9.17, 15) is 9.59 Å². The van der Waals surface area contributed by atoms with Gasteiger partial charge in [-0.3, -0.25) is 9.59 Å². The number of nitrogens with two attached hydrogens (primary N) is 1. The SMILES string of the molecule is Cc1cc(C(N)=O)ccc1-n1c(CCC(=O)O)ccc1-c1cc(Cl)c(Br)s1. The Morgan fingerprint density at radius 2 is 2.00 bits per heavy atom. The molecule has 0 spiro atoms. The van der Waals surface area contributed by atoms with E-state index in [-0.39, 0.29) is 6.42 Å². The zero-order valence-electron chi connectivity index (χ0n) is 14.3. The zero-order chi connectivity index (χ0) is 19.7. The van der Waals surface area contributed by atoms with Gasteiger partial charge in [0.2, 0.25) is 5.91 Å². The molecule has 0 atom stereocenters. The van der Waals surface area contributed by atoms with Crippen molar-refractivity contribution in [2.45, 2.75) is 19.8 Å². The lowest BCUT2D eigenvalue weighted by molar-refractivity contribution is -0.136. The molecule has 0 bridgehead atoms. The van der Waals surface area contributed by atoms with E-state index in [0.29, 0.717) is 17.0 Å². The summed E-state index contributed by atoms with van der Waals surface area (Å²) in [7, 11) is 0. The Morgan fingerprint density at radius 3 is 2.56 bits per heavy atom. The third-order valence-corrected chi connectivity index (χ3v) is 6.67. The van der Waals surface area contributed by atoms with E-state index in [0.717, 1.165) is 31.3 Å². The van der Waals surface area contributed by atoms with Gasteiger partial charge in [-0.1, -0.05) is 11.6 Å². The number of aromatic nitrogens is 1. The van der Waals surface area contributed by atoms with E-state index in [2.05, 4.69) is 15.9 Å². The molecule has 0 fully saturated rings. The van der Waals surface area contributed by atoms with Crippen LogP contribution >= 0.6 is 38.9 Å². The maximum Gasteiger partial charge on any atom is 0.303 e. The zero-order valence-corrected chi connectivity index (χ0v) is 17.5. The first-order valence-electron chi connectivity index (χ1n) is 8.06. The van der Waals surface area contributed by atoms with Crippen LogP contribution < -0.4 is 5.73 Å². The van der Waals surface area contributed by atoms with Gasteiger partial charge < -0.3 is 15.4 Å². The molecule has 1 aromatic carbocycles. The van der Waals surface area contributed by atoms with Crippen LogP contribution in [0.1, 0.15) is 28.0 Å². The van der Waals surface area contributed by atoms with Crippen LogP contribution in [0.4, 0.5) is 0 Å². The summed E-state index contributed by atoms with van der Waals surface area (Å²) < 4.78 is 2.84. The molecule has 0 aliphatic heterocycles. The molecular formula is C19H16BrClN2O3S. The van der Waals surface area contributed by atoms with E-state index in [1.54, 1.807) is 12.1 Å². The van der Waals surface area contributed by atoms with Crippen molar-refractivity contribution >= 4 is 50.7 Å². The van der Waals surface area contributed by atoms with Crippen LogP contribution in [0.25, 0.3) is 16.3 Å². The van der Waals surface area contributed by atoms with E-state index in [1.807, 2.05) is 35.8 Å². The van der Waals surface area contributed by atoms with Gasteiger partial charge in [-0.25, -0.2) is 0 Å². The summed E-state index contributed by atoms with van der Waals surface area (Å²) in [5, 5.41) is 9.69. The van der Waals surface area contributed by atoms with Crippen LogP contribution in [0, 0.1) is 6.92 Å². The third kappa shape index (κ3) is 4.10. The molecule has 8 heteroatoms. The van der Waals surface area contributed by atoms with Crippen molar-refractivity contribution in [2.24, 2.45) is 5.73 Å². The predicted octanol–water partition coefficient (Wildman–Crippen LogP) is 5.05. The van der Waals surface area contributed by atoms with Gasteiger partial charge in [-0.15, -0.1) is 11.3 Å². The minimum Gasteiger partial charge on any atom is -0.481 e. The first-order chi connectivity index (χ1) is 12.8. The van der Waals surface area contributed by atoms with E-state index >= 15 is 0 Å². The van der Waals surface area contributed by atoms with Crippen molar-refractivity contribution in [3.63, 3.8) is 0 Å². The lowest BCUT2D eigenvalue weighted by atomic mass is 10.1. The molecule has 3 N–H and O–H groups in total. The number of carboxylic acids is 1. The number of amides is 1. The Balaban J connectivity index is 2.17. The Hall–Kier alpha value is -2.09. The highest BCUT2D eigenvalue weighted by Crippen LogP contribution is 2.40.